The number of carbonyl (C=O) groups excluding carboxylic acids is 8. The topological polar surface area (TPSA) is 791 Å². The van der Waals surface area contributed by atoms with Crippen LogP contribution in [0.2, 0.25) is 0 Å². The Bertz CT molecular complexity index is 1330. The third-order valence-electron chi connectivity index (χ3n) is 6.80. The van der Waals surface area contributed by atoms with E-state index in [1.807, 2.05) is 10.2 Å². The normalized spacial score (nSPS) is 9.19. The first-order valence-electron chi connectivity index (χ1n) is 17.6. The van der Waals surface area contributed by atoms with Gasteiger partial charge in [0.2, 0.25) is 0 Å². The molecule has 0 heterocycles. The van der Waals surface area contributed by atoms with Crippen molar-refractivity contribution in [3.63, 3.8) is 0 Å². The molecule has 0 amide bonds. The number of nitrogens with two attached hydrogens (primary N) is 6. The Balaban J connectivity index is -0.0000000765. The second kappa shape index (κ2) is 58.6. The number of aliphatic carboxylic acids is 10. The number of carboxylic acids is 10. The van der Waals surface area contributed by atoms with Gasteiger partial charge in [0, 0.05) is 105 Å². The summed E-state index contributed by atoms with van der Waals surface area (Å²) in [6.45, 7) is -7.70. The third kappa shape index (κ3) is 76.5. The van der Waals surface area contributed by atoms with E-state index in [0.717, 1.165) is 19.6 Å². The van der Waals surface area contributed by atoms with Gasteiger partial charge in [-0.15, -0.1) is 0 Å². The molecular formula is C30H66Gd2N14O26+2. The van der Waals surface area contributed by atoms with Gasteiger partial charge in [-0.3, -0.25) is 73.6 Å². The zero-order valence-corrected chi connectivity index (χ0v) is 42.5. The van der Waals surface area contributed by atoms with Crippen LogP contribution in [0.15, 0.2) is 0 Å². The zero-order chi connectivity index (χ0) is 50.5. The SMILES string of the molecule is N[NH+]=C(N)N.N[NH+]=C(N)N.O.O.O.O.O=C([O-])CN(CCN(CCN(CC(=O)[O-])CC(=O)[O-])CC(=O)O)CC(=O)[O-].O=C([O-])CN(CCN(CCN(CC(=O)[O-])CC(=O)[O-])CC(=O)O)CC(=O)[O-].[Gd+3].[Gd+3].[OH3+].[OH3+]. The average molecular weight is 1350 g/mol. The molecule has 0 spiro atoms. The maximum Gasteiger partial charge on any atom is 3.00 e. The molecule has 0 aromatic heterocycles. The van der Waals surface area contributed by atoms with Gasteiger partial charge < -0.3 is 122 Å². The van der Waals surface area contributed by atoms with Crippen molar-refractivity contribution in [1.29, 1.82) is 0 Å². The summed E-state index contributed by atoms with van der Waals surface area (Å²) in [6, 6.07) is 0. The summed E-state index contributed by atoms with van der Waals surface area (Å²) in [5.74, 6) is -5.41. The van der Waals surface area contributed by atoms with E-state index in [1.54, 1.807) is 0 Å². The van der Waals surface area contributed by atoms with Crippen LogP contribution >= 0.6 is 0 Å². The molecule has 0 atom stereocenters. The van der Waals surface area contributed by atoms with Gasteiger partial charge in [-0.1, -0.05) is 0 Å². The smallest absolute Gasteiger partial charge is 0.549 e. The molecule has 0 aliphatic carbocycles. The Morgan fingerprint density at radius 1 is 0.319 bits per heavy atom. The van der Waals surface area contributed by atoms with Crippen LogP contribution in [0.25, 0.3) is 0 Å². The summed E-state index contributed by atoms with van der Waals surface area (Å²) in [7, 11) is 0. The molecule has 0 rings (SSSR count). The van der Waals surface area contributed by atoms with E-state index in [1.165, 1.54) is 9.80 Å². The maximum atomic E-state index is 10.9. The Hall–Kier alpha value is -4.99. The van der Waals surface area contributed by atoms with E-state index in [9.17, 15) is 88.8 Å². The summed E-state index contributed by atoms with van der Waals surface area (Å²) < 4.78 is 0. The minimum absolute atomic E-state index is 0. The number of rotatable bonds is 32. The van der Waals surface area contributed by atoms with Crippen molar-refractivity contribution < 1.29 is 222 Å². The second-order valence-electron chi connectivity index (χ2n) is 12.4. The molecule has 30 N–H and O–H groups in total. The summed E-state index contributed by atoms with van der Waals surface area (Å²) in [6.07, 6.45) is 0. The molecule has 72 heavy (non-hydrogen) atoms. The van der Waals surface area contributed by atoms with Crippen molar-refractivity contribution in [2.45, 2.75) is 0 Å². The number of hydrogen-bond acceptors (Lipinski definition) is 26. The van der Waals surface area contributed by atoms with Crippen LogP contribution < -0.4 is 85.7 Å². The standard InChI is InChI=1S/2C14H23N3O10.2CH6N4.2Gd.6H2O/c2*18-10(19)5-15(1-3-16(6-11(20)21)7-12(22)23)2-4-17(8-13(24)25)9-14(26)27;2*2-1(3)5-4;;;;;;;;/h2*1-9H2,(H,18,19)(H,20,21)(H,22,23)(H,24,25)(H,26,27);2*4H2,(H4,2,3,5);;;6*1H2/q;;;;2*+3;;;;;;/p-4. The van der Waals surface area contributed by atoms with E-state index >= 15 is 0 Å². The summed E-state index contributed by atoms with van der Waals surface area (Å²) in [5.41, 5.74) is 19.0. The average Bonchev–Trinajstić information content (AvgIpc) is 3.11. The molecule has 2 radical (unpaired) electrons. The van der Waals surface area contributed by atoms with Crippen molar-refractivity contribution in [2.75, 3.05) is 118 Å². The predicted octanol–water partition coefficient (Wildman–Crippen LogP) is -28.8. The zero-order valence-electron chi connectivity index (χ0n) is 38.0. The molecule has 40 nitrogen and oxygen atoms in total. The van der Waals surface area contributed by atoms with Gasteiger partial charge in [-0.2, -0.15) is 10.2 Å². The van der Waals surface area contributed by atoms with E-state index in [0.29, 0.717) is 0 Å². The minimum Gasteiger partial charge on any atom is -0.549 e. The Morgan fingerprint density at radius 2 is 0.431 bits per heavy atom. The van der Waals surface area contributed by atoms with E-state index in [2.05, 4.69) is 11.7 Å². The number of guanidine groups is 2. The summed E-state index contributed by atoms with van der Waals surface area (Å²) >= 11 is 0. The van der Waals surface area contributed by atoms with E-state index in [4.69, 9.17) is 33.1 Å². The molecule has 0 aliphatic rings. The molecule has 42 heteroatoms. The third-order valence-corrected chi connectivity index (χ3v) is 6.80. The van der Waals surface area contributed by atoms with Crippen LogP contribution in [-0.4, -0.2) is 251 Å². The van der Waals surface area contributed by atoms with Crippen molar-refractivity contribution in [2.24, 2.45) is 34.6 Å². The van der Waals surface area contributed by atoms with Crippen molar-refractivity contribution in [1.82, 2.24) is 29.4 Å². The fraction of sp³-hybridized carbons (Fsp3) is 0.600. The fourth-order valence-corrected chi connectivity index (χ4v) is 4.37. The number of nitrogens with zero attached hydrogens (tertiary/aromatic N) is 6. The van der Waals surface area contributed by atoms with Gasteiger partial charge in [0.15, 0.2) is 0 Å². The second-order valence-corrected chi connectivity index (χ2v) is 12.4. The van der Waals surface area contributed by atoms with Crippen LogP contribution in [-0.2, 0) is 58.9 Å². The quantitative estimate of drug-likeness (QED) is 0.00983. The maximum absolute atomic E-state index is 10.9. The van der Waals surface area contributed by atoms with Crippen LogP contribution in [0.1, 0.15) is 0 Å². The molecular weight excluding hydrogens is 1290 g/mol. The molecule has 0 bridgehead atoms. The van der Waals surface area contributed by atoms with Crippen LogP contribution in [0.3, 0.4) is 0 Å². The van der Waals surface area contributed by atoms with Crippen LogP contribution in [0, 0.1) is 79.9 Å². The molecule has 0 fully saturated rings. The van der Waals surface area contributed by atoms with Crippen molar-refractivity contribution >= 4 is 71.6 Å². The summed E-state index contributed by atoms with van der Waals surface area (Å²) in [4.78, 5) is 113. The van der Waals surface area contributed by atoms with Gasteiger partial charge in [0.05, 0.1) is 60.8 Å². The Morgan fingerprint density at radius 3 is 0.514 bits per heavy atom. The number of hydrazone groups is 2. The molecule has 0 saturated heterocycles. The number of nitrogens with one attached hydrogen (secondary N) is 2. The number of carbonyl (C=O) groups is 10. The largest absolute Gasteiger partial charge is 3.00 e. The van der Waals surface area contributed by atoms with E-state index < -0.39 is 125 Å². The van der Waals surface area contributed by atoms with Crippen molar-refractivity contribution in [3.8, 4) is 0 Å². The minimum atomic E-state index is -1.53. The first kappa shape index (κ1) is 96.5. The first-order chi connectivity index (χ1) is 29.5. The summed E-state index contributed by atoms with van der Waals surface area (Å²) in [5, 5.41) is 107. The van der Waals surface area contributed by atoms with Crippen LogP contribution in [0.4, 0.5) is 0 Å². The van der Waals surface area contributed by atoms with Gasteiger partial charge >= 0.3 is 104 Å². The molecule has 0 saturated carbocycles. The van der Waals surface area contributed by atoms with Gasteiger partial charge in [0.25, 0.3) is 0 Å². The molecule has 0 aromatic rings. The van der Waals surface area contributed by atoms with Crippen LogP contribution in [0.5, 0.6) is 0 Å². The Labute approximate surface area is 471 Å². The Kier molecular flexibility index (Phi) is 78.5. The number of carboxylic acid groups (broad SMARTS) is 10. The van der Waals surface area contributed by atoms with Gasteiger partial charge in [-0.05, 0) is 0 Å². The molecule has 0 aliphatic heterocycles. The first-order valence-corrected chi connectivity index (χ1v) is 17.6. The number of hydrazine groups is 2. The van der Waals surface area contributed by atoms with Crippen molar-refractivity contribution in [3.05, 3.63) is 0 Å². The predicted molar refractivity (Wildman–Crippen MR) is 215 cm³/mol. The number of hydrogen-bond donors (Lipinski definition) is 10. The molecule has 0 unspecified atom stereocenters. The van der Waals surface area contributed by atoms with Gasteiger partial charge in [-0.25, -0.2) is 0 Å². The fourth-order valence-electron chi connectivity index (χ4n) is 4.37. The monoisotopic (exact) mass is 1350 g/mol. The van der Waals surface area contributed by atoms with Gasteiger partial charge in [0.1, 0.15) is 0 Å². The van der Waals surface area contributed by atoms with E-state index in [-0.39, 0.29) is 177 Å². The molecule has 426 valence electrons. The molecule has 0 aromatic carbocycles.